The maximum Gasteiger partial charge on any atom is 0.337 e. The summed E-state index contributed by atoms with van der Waals surface area (Å²) in [4.78, 5) is 11.3. The number of hydrogen-bond acceptors (Lipinski definition) is 3. The molecular weight excluding hydrogens is 242 g/mol. The van der Waals surface area contributed by atoms with Crippen molar-refractivity contribution in [2.75, 3.05) is 5.73 Å². The zero-order valence-corrected chi connectivity index (χ0v) is 11.3. The van der Waals surface area contributed by atoms with E-state index >= 15 is 0 Å². The molecule has 5 nitrogen and oxygen atoms in total. The van der Waals surface area contributed by atoms with Gasteiger partial charge in [0.05, 0.1) is 16.9 Å². The molecule has 1 aromatic carbocycles. The first-order valence-corrected chi connectivity index (χ1v) is 6.14. The molecule has 100 valence electrons. The van der Waals surface area contributed by atoms with Crippen LogP contribution in [0.5, 0.6) is 0 Å². The van der Waals surface area contributed by atoms with E-state index in [1.165, 1.54) is 6.07 Å². The van der Waals surface area contributed by atoms with Gasteiger partial charge in [-0.2, -0.15) is 5.10 Å². The monoisotopic (exact) mass is 259 g/mol. The number of benzene rings is 1. The smallest absolute Gasteiger partial charge is 0.337 e. The fourth-order valence-electron chi connectivity index (χ4n) is 2.33. The predicted octanol–water partition coefficient (Wildman–Crippen LogP) is 2.33. The summed E-state index contributed by atoms with van der Waals surface area (Å²) in [5, 5.41) is 13.7. The molecule has 0 bridgehead atoms. The van der Waals surface area contributed by atoms with Crippen LogP contribution in [0.2, 0.25) is 0 Å². The molecular formula is C14H17N3O2. The summed E-state index contributed by atoms with van der Waals surface area (Å²) < 4.78 is 1.68. The third-order valence-corrected chi connectivity index (χ3v) is 3.27. The number of aromatic nitrogens is 2. The molecule has 0 aliphatic carbocycles. The van der Waals surface area contributed by atoms with E-state index < -0.39 is 5.97 Å². The van der Waals surface area contributed by atoms with Gasteiger partial charge in [0, 0.05) is 11.4 Å². The first kappa shape index (κ1) is 13.1. The lowest BCUT2D eigenvalue weighted by atomic mass is 10.1. The van der Waals surface area contributed by atoms with Crippen molar-refractivity contribution < 1.29 is 9.90 Å². The summed E-state index contributed by atoms with van der Waals surface area (Å²) in [5.74, 6) is -1.01. The van der Waals surface area contributed by atoms with Gasteiger partial charge in [-0.25, -0.2) is 9.48 Å². The Morgan fingerprint density at radius 1 is 1.42 bits per heavy atom. The summed E-state index contributed by atoms with van der Waals surface area (Å²) in [7, 11) is 0. The lowest BCUT2D eigenvalue weighted by Gasteiger charge is -2.09. The zero-order valence-electron chi connectivity index (χ0n) is 11.3. The van der Waals surface area contributed by atoms with Crippen LogP contribution in [-0.4, -0.2) is 20.9 Å². The molecule has 3 N–H and O–H groups in total. The van der Waals surface area contributed by atoms with E-state index in [0.717, 1.165) is 23.4 Å². The van der Waals surface area contributed by atoms with Crippen molar-refractivity contribution in [1.29, 1.82) is 0 Å². The van der Waals surface area contributed by atoms with Crippen LogP contribution in [0, 0.1) is 13.8 Å². The number of aromatic carboxylic acids is 1. The highest BCUT2D eigenvalue weighted by Crippen LogP contribution is 2.22. The standard InChI is InChI=1S/C14H17N3O2/c1-4-11-8(2)16-17(9(11)3)13-6-5-10(15)7-12(13)14(18)19/h5-7H,4,15H2,1-3H3,(H,18,19). The number of hydrogen-bond donors (Lipinski definition) is 2. The quantitative estimate of drug-likeness (QED) is 0.829. The Morgan fingerprint density at radius 2 is 2.11 bits per heavy atom. The van der Waals surface area contributed by atoms with Gasteiger partial charge >= 0.3 is 5.97 Å². The summed E-state index contributed by atoms with van der Waals surface area (Å²) in [6, 6.07) is 4.83. The minimum atomic E-state index is -1.01. The van der Waals surface area contributed by atoms with E-state index in [1.54, 1.807) is 16.8 Å². The van der Waals surface area contributed by atoms with Crippen LogP contribution in [0.25, 0.3) is 5.69 Å². The largest absolute Gasteiger partial charge is 0.478 e. The lowest BCUT2D eigenvalue weighted by molar-refractivity contribution is 0.0697. The zero-order chi connectivity index (χ0) is 14.2. The number of aryl methyl sites for hydroxylation is 1. The molecule has 0 saturated heterocycles. The Morgan fingerprint density at radius 3 is 2.63 bits per heavy atom. The number of anilines is 1. The van der Waals surface area contributed by atoms with Gasteiger partial charge in [-0.15, -0.1) is 0 Å². The van der Waals surface area contributed by atoms with Gasteiger partial charge in [0.25, 0.3) is 0 Å². The maximum absolute atomic E-state index is 11.3. The van der Waals surface area contributed by atoms with Gasteiger partial charge in [-0.3, -0.25) is 0 Å². The van der Waals surface area contributed by atoms with E-state index in [9.17, 15) is 9.90 Å². The van der Waals surface area contributed by atoms with Gasteiger partial charge in [-0.05, 0) is 44.0 Å². The molecule has 0 aliphatic heterocycles. The molecule has 1 heterocycles. The minimum Gasteiger partial charge on any atom is -0.478 e. The van der Waals surface area contributed by atoms with Crippen LogP contribution in [0.1, 0.15) is 34.2 Å². The molecule has 0 radical (unpaired) electrons. The highest BCUT2D eigenvalue weighted by atomic mass is 16.4. The lowest BCUT2D eigenvalue weighted by Crippen LogP contribution is -2.09. The molecule has 0 atom stereocenters. The van der Waals surface area contributed by atoms with Crippen LogP contribution >= 0.6 is 0 Å². The molecule has 5 heteroatoms. The number of carboxylic acid groups (broad SMARTS) is 1. The normalized spacial score (nSPS) is 10.7. The summed E-state index contributed by atoms with van der Waals surface area (Å²) >= 11 is 0. The van der Waals surface area contributed by atoms with E-state index in [-0.39, 0.29) is 5.56 Å². The van der Waals surface area contributed by atoms with E-state index in [0.29, 0.717) is 11.4 Å². The van der Waals surface area contributed by atoms with Crippen LogP contribution in [0.3, 0.4) is 0 Å². The SMILES string of the molecule is CCc1c(C)nn(-c2ccc(N)cc2C(=O)O)c1C. The Kier molecular flexibility index (Phi) is 3.29. The second-order valence-electron chi connectivity index (χ2n) is 4.50. The number of carboxylic acids is 1. The van der Waals surface area contributed by atoms with Crippen LogP contribution < -0.4 is 5.73 Å². The average Bonchev–Trinajstić information content (AvgIpc) is 2.64. The van der Waals surface area contributed by atoms with Crippen molar-refractivity contribution in [2.24, 2.45) is 0 Å². The Bertz CT molecular complexity index is 644. The topological polar surface area (TPSA) is 81.1 Å². The Labute approximate surface area is 111 Å². The first-order valence-electron chi connectivity index (χ1n) is 6.14. The van der Waals surface area contributed by atoms with Crippen molar-refractivity contribution in [1.82, 2.24) is 9.78 Å². The van der Waals surface area contributed by atoms with Gasteiger partial charge in [-0.1, -0.05) is 6.92 Å². The Hall–Kier alpha value is -2.30. The Balaban J connectivity index is 2.69. The van der Waals surface area contributed by atoms with Crippen LogP contribution in [0.15, 0.2) is 18.2 Å². The molecule has 0 aliphatic rings. The first-order chi connectivity index (χ1) is 8.95. The third kappa shape index (κ3) is 2.19. The van der Waals surface area contributed by atoms with Crippen molar-refractivity contribution in [3.8, 4) is 5.69 Å². The molecule has 1 aromatic heterocycles. The highest BCUT2D eigenvalue weighted by Gasteiger charge is 2.17. The van der Waals surface area contributed by atoms with Gasteiger partial charge in [0.1, 0.15) is 0 Å². The van der Waals surface area contributed by atoms with E-state index in [4.69, 9.17) is 5.73 Å². The van der Waals surface area contributed by atoms with E-state index in [2.05, 4.69) is 12.0 Å². The average molecular weight is 259 g/mol. The van der Waals surface area contributed by atoms with Crippen molar-refractivity contribution in [3.63, 3.8) is 0 Å². The van der Waals surface area contributed by atoms with Crippen molar-refractivity contribution in [3.05, 3.63) is 40.7 Å². The van der Waals surface area contributed by atoms with Crippen LogP contribution in [0.4, 0.5) is 5.69 Å². The third-order valence-electron chi connectivity index (χ3n) is 3.27. The number of nitrogens with two attached hydrogens (primary N) is 1. The van der Waals surface area contributed by atoms with Gasteiger partial charge in [0.15, 0.2) is 0 Å². The molecule has 0 saturated carbocycles. The van der Waals surface area contributed by atoms with Crippen LogP contribution in [-0.2, 0) is 6.42 Å². The van der Waals surface area contributed by atoms with Crippen molar-refractivity contribution in [2.45, 2.75) is 27.2 Å². The fourth-order valence-corrected chi connectivity index (χ4v) is 2.33. The number of nitrogen functional groups attached to an aromatic ring is 1. The van der Waals surface area contributed by atoms with Crippen molar-refractivity contribution >= 4 is 11.7 Å². The second kappa shape index (κ2) is 4.76. The summed E-state index contributed by atoms with van der Waals surface area (Å²) in [6.45, 7) is 5.93. The second-order valence-corrected chi connectivity index (χ2v) is 4.50. The molecule has 2 rings (SSSR count). The number of carbonyl (C=O) groups is 1. The molecule has 2 aromatic rings. The minimum absolute atomic E-state index is 0.160. The summed E-state index contributed by atoms with van der Waals surface area (Å²) in [6.07, 6.45) is 0.870. The molecule has 19 heavy (non-hydrogen) atoms. The number of nitrogens with zero attached hydrogens (tertiary/aromatic N) is 2. The predicted molar refractivity (Wildman–Crippen MR) is 73.8 cm³/mol. The fraction of sp³-hybridized carbons (Fsp3) is 0.286. The molecule has 0 amide bonds. The number of rotatable bonds is 3. The van der Waals surface area contributed by atoms with E-state index in [1.807, 2.05) is 13.8 Å². The van der Waals surface area contributed by atoms with Gasteiger partial charge in [0.2, 0.25) is 0 Å². The summed E-state index contributed by atoms with van der Waals surface area (Å²) in [5.41, 5.74) is 9.82. The maximum atomic E-state index is 11.3. The van der Waals surface area contributed by atoms with Gasteiger partial charge < -0.3 is 10.8 Å². The molecule has 0 fully saturated rings. The molecule has 0 spiro atoms. The highest BCUT2D eigenvalue weighted by molar-refractivity contribution is 5.93. The molecule has 0 unspecified atom stereocenters.